The zero-order chi connectivity index (χ0) is 12.4. The maximum absolute atomic E-state index is 10.9. The molecule has 2 N–H and O–H groups in total. The van der Waals surface area contributed by atoms with Crippen LogP contribution in [0.1, 0.15) is 12.6 Å². The van der Waals surface area contributed by atoms with Gasteiger partial charge in [-0.3, -0.25) is 10.1 Å². The number of nitro benzene ring substituents is 1. The van der Waals surface area contributed by atoms with E-state index in [0.717, 1.165) is 0 Å². The number of benzene rings is 1. The Kier molecular flexibility index (Phi) is 2.73. The van der Waals surface area contributed by atoms with Gasteiger partial charge in [0.05, 0.1) is 10.6 Å². The molecule has 0 unspecified atom stereocenters. The molecule has 1 aromatic heterocycles. The van der Waals surface area contributed by atoms with Gasteiger partial charge in [-0.2, -0.15) is 0 Å². The Balaban J connectivity index is 2.64. The van der Waals surface area contributed by atoms with Gasteiger partial charge in [-0.25, -0.2) is 4.68 Å². The standard InChI is InChI=1S/C10H11N5O2/c1-2-7-10(11)12-13-14(7)8-5-3-4-6-9(8)15(16)17/h3-6H,2,11H2,1H3. The fourth-order valence-corrected chi connectivity index (χ4v) is 1.64. The number of nitrogen functional groups attached to an aromatic ring is 1. The quantitative estimate of drug-likeness (QED) is 0.636. The summed E-state index contributed by atoms with van der Waals surface area (Å²) >= 11 is 0. The number of hydrogen-bond acceptors (Lipinski definition) is 5. The minimum absolute atomic E-state index is 0.0212. The van der Waals surface area contributed by atoms with Gasteiger partial charge in [-0.15, -0.1) is 5.10 Å². The van der Waals surface area contributed by atoms with Crippen LogP contribution in [0.4, 0.5) is 11.5 Å². The molecule has 7 nitrogen and oxygen atoms in total. The largest absolute Gasteiger partial charge is 0.381 e. The summed E-state index contributed by atoms with van der Waals surface area (Å²) in [6, 6.07) is 6.35. The highest BCUT2D eigenvalue weighted by Crippen LogP contribution is 2.24. The highest BCUT2D eigenvalue weighted by atomic mass is 16.6. The molecule has 0 atom stereocenters. The summed E-state index contributed by atoms with van der Waals surface area (Å²) in [6.07, 6.45) is 0.602. The van der Waals surface area contributed by atoms with E-state index in [-0.39, 0.29) is 5.69 Å². The Morgan fingerprint density at radius 2 is 2.18 bits per heavy atom. The molecule has 0 saturated heterocycles. The summed E-state index contributed by atoms with van der Waals surface area (Å²) in [4.78, 5) is 10.5. The number of hydrogen-bond donors (Lipinski definition) is 1. The van der Waals surface area contributed by atoms with Gasteiger partial charge in [0.15, 0.2) is 5.82 Å². The molecule has 2 rings (SSSR count). The molecule has 0 amide bonds. The molecule has 0 aliphatic rings. The van der Waals surface area contributed by atoms with Crippen LogP contribution in [0.2, 0.25) is 0 Å². The molecule has 0 aliphatic carbocycles. The molecule has 0 fully saturated rings. The van der Waals surface area contributed by atoms with Gasteiger partial charge in [0.1, 0.15) is 5.69 Å². The first kappa shape index (κ1) is 11.1. The Morgan fingerprint density at radius 3 is 2.82 bits per heavy atom. The lowest BCUT2D eigenvalue weighted by molar-refractivity contribution is -0.384. The van der Waals surface area contributed by atoms with E-state index in [1.54, 1.807) is 18.2 Å². The van der Waals surface area contributed by atoms with E-state index in [4.69, 9.17) is 5.73 Å². The molecule has 0 saturated carbocycles. The molecule has 17 heavy (non-hydrogen) atoms. The summed E-state index contributed by atoms with van der Waals surface area (Å²) in [7, 11) is 0. The van der Waals surface area contributed by atoms with Crippen molar-refractivity contribution >= 4 is 11.5 Å². The van der Waals surface area contributed by atoms with Gasteiger partial charge >= 0.3 is 0 Å². The Morgan fingerprint density at radius 1 is 1.47 bits per heavy atom. The molecule has 88 valence electrons. The SMILES string of the molecule is CCc1c(N)nnn1-c1ccccc1[N+](=O)[O-]. The lowest BCUT2D eigenvalue weighted by Gasteiger charge is -2.05. The fourth-order valence-electron chi connectivity index (χ4n) is 1.64. The number of para-hydroxylation sites is 2. The van der Waals surface area contributed by atoms with E-state index in [9.17, 15) is 10.1 Å². The number of nitrogens with two attached hydrogens (primary N) is 1. The van der Waals surface area contributed by atoms with Crippen molar-refractivity contribution < 1.29 is 4.92 Å². The number of nitrogens with zero attached hydrogens (tertiary/aromatic N) is 4. The second-order valence-corrected chi connectivity index (χ2v) is 3.43. The van der Waals surface area contributed by atoms with Crippen molar-refractivity contribution in [3.63, 3.8) is 0 Å². The van der Waals surface area contributed by atoms with Crippen LogP contribution in [0.5, 0.6) is 0 Å². The molecular weight excluding hydrogens is 222 g/mol. The summed E-state index contributed by atoms with van der Waals surface area (Å²) in [5.41, 5.74) is 6.67. The second kappa shape index (κ2) is 4.20. The van der Waals surface area contributed by atoms with Crippen LogP contribution in [-0.4, -0.2) is 19.9 Å². The maximum Gasteiger partial charge on any atom is 0.294 e. The van der Waals surface area contributed by atoms with Crippen LogP contribution in [0.3, 0.4) is 0 Å². The first-order valence-electron chi connectivity index (χ1n) is 5.09. The third-order valence-corrected chi connectivity index (χ3v) is 2.43. The van der Waals surface area contributed by atoms with Crippen molar-refractivity contribution in [1.29, 1.82) is 0 Å². The average Bonchev–Trinajstić information content (AvgIpc) is 2.70. The molecule has 2 aromatic rings. The van der Waals surface area contributed by atoms with Crippen molar-refractivity contribution in [2.75, 3.05) is 5.73 Å². The Hall–Kier alpha value is -2.44. The molecule has 7 heteroatoms. The van der Waals surface area contributed by atoms with Crippen LogP contribution in [0.15, 0.2) is 24.3 Å². The van der Waals surface area contributed by atoms with Crippen molar-refractivity contribution in [2.45, 2.75) is 13.3 Å². The van der Waals surface area contributed by atoms with Crippen LogP contribution in [0, 0.1) is 10.1 Å². The molecule has 0 radical (unpaired) electrons. The Labute approximate surface area is 97.0 Å². The molecule has 0 spiro atoms. The summed E-state index contributed by atoms with van der Waals surface area (Å²) in [5.74, 6) is 0.297. The van der Waals surface area contributed by atoms with Gasteiger partial charge in [0.25, 0.3) is 5.69 Å². The number of nitro groups is 1. The summed E-state index contributed by atoms with van der Waals surface area (Å²) in [5, 5.41) is 18.5. The van der Waals surface area contributed by atoms with E-state index in [2.05, 4.69) is 10.3 Å². The minimum Gasteiger partial charge on any atom is -0.381 e. The lowest BCUT2D eigenvalue weighted by Crippen LogP contribution is -2.05. The predicted molar refractivity (Wildman–Crippen MR) is 61.8 cm³/mol. The van der Waals surface area contributed by atoms with Gasteiger partial charge in [0.2, 0.25) is 0 Å². The third kappa shape index (κ3) is 1.82. The highest BCUT2D eigenvalue weighted by Gasteiger charge is 2.18. The molecule has 0 bridgehead atoms. The average molecular weight is 233 g/mol. The smallest absolute Gasteiger partial charge is 0.294 e. The summed E-state index contributed by atoms with van der Waals surface area (Å²) in [6.45, 7) is 1.89. The topological polar surface area (TPSA) is 99.9 Å². The van der Waals surface area contributed by atoms with Gasteiger partial charge in [0, 0.05) is 6.07 Å². The Bertz CT molecular complexity index is 564. The van der Waals surface area contributed by atoms with Crippen molar-refractivity contribution in [1.82, 2.24) is 15.0 Å². The van der Waals surface area contributed by atoms with Crippen LogP contribution in [0.25, 0.3) is 5.69 Å². The van der Waals surface area contributed by atoms with E-state index in [1.807, 2.05) is 6.92 Å². The zero-order valence-corrected chi connectivity index (χ0v) is 9.20. The zero-order valence-electron chi connectivity index (χ0n) is 9.20. The second-order valence-electron chi connectivity index (χ2n) is 3.43. The minimum atomic E-state index is -0.452. The number of aromatic nitrogens is 3. The lowest BCUT2D eigenvalue weighted by atomic mass is 10.2. The fraction of sp³-hybridized carbons (Fsp3) is 0.200. The van der Waals surface area contributed by atoms with Crippen molar-refractivity contribution in [3.8, 4) is 5.69 Å². The number of anilines is 1. The normalized spacial score (nSPS) is 10.4. The third-order valence-electron chi connectivity index (χ3n) is 2.43. The summed E-state index contributed by atoms with van der Waals surface area (Å²) < 4.78 is 1.41. The van der Waals surface area contributed by atoms with E-state index in [1.165, 1.54) is 10.7 Å². The molecule has 1 aromatic carbocycles. The van der Waals surface area contributed by atoms with Crippen molar-refractivity contribution in [2.24, 2.45) is 0 Å². The highest BCUT2D eigenvalue weighted by molar-refractivity contribution is 5.53. The monoisotopic (exact) mass is 233 g/mol. The van der Waals surface area contributed by atoms with E-state index < -0.39 is 4.92 Å². The van der Waals surface area contributed by atoms with Gasteiger partial charge in [-0.1, -0.05) is 24.3 Å². The first-order valence-corrected chi connectivity index (χ1v) is 5.09. The number of rotatable bonds is 3. The maximum atomic E-state index is 10.9. The van der Waals surface area contributed by atoms with Crippen LogP contribution < -0.4 is 5.73 Å². The van der Waals surface area contributed by atoms with E-state index in [0.29, 0.717) is 23.6 Å². The van der Waals surface area contributed by atoms with E-state index >= 15 is 0 Å². The van der Waals surface area contributed by atoms with Gasteiger partial charge in [-0.05, 0) is 12.5 Å². The molecule has 1 heterocycles. The predicted octanol–water partition coefficient (Wildman–Crippen LogP) is 1.32. The van der Waals surface area contributed by atoms with Crippen LogP contribution in [-0.2, 0) is 6.42 Å². The molecular formula is C10H11N5O2. The van der Waals surface area contributed by atoms with Crippen LogP contribution >= 0.6 is 0 Å². The first-order chi connectivity index (χ1) is 8.15. The van der Waals surface area contributed by atoms with Gasteiger partial charge < -0.3 is 5.73 Å². The molecule has 0 aliphatic heterocycles. The van der Waals surface area contributed by atoms with Crippen molar-refractivity contribution in [3.05, 3.63) is 40.1 Å².